The van der Waals surface area contributed by atoms with E-state index in [4.69, 9.17) is 11.6 Å². The molecule has 1 aliphatic rings. The van der Waals surface area contributed by atoms with Crippen LogP contribution in [0, 0.1) is 5.92 Å². The van der Waals surface area contributed by atoms with Gasteiger partial charge in [-0.2, -0.15) is 0 Å². The number of nitrogens with one attached hydrogen (secondary N) is 1. The SMILES string of the molecule is C[C@](O)(CNC(=O)CC1CC1)c1ccccc1Cl. The molecule has 0 bridgehead atoms. The molecule has 0 heterocycles. The van der Waals surface area contributed by atoms with Gasteiger partial charge in [0.05, 0.1) is 6.54 Å². The van der Waals surface area contributed by atoms with Gasteiger partial charge in [0.25, 0.3) is 0 Å². The summed E-state index contributed by atoms with van der Waals surface area (Å²) in [4.78, 5) is 11.6. The third-order valence-corrected chi connectivity index (χ3v) is 3.58. The van der Waals surface area contributed by atoms with Crippen molar-refractivity contribution in [2.75, 3.05) is 6.54 Å². The summed E-state index contributed by atoms with van der Waals surface area (Å²) < 4.78 is 0. The summed E-state index contributed by atoms with van der Waals surface area (Å²) in [7, 11) is 0. The summed E-state index contributed by atoms with van der Waals surface area (Å²) in [6.07, 6.45) is 2.86. The molecule has 1 atom stereocenters. The molecule has 1 aliphatic carbocycles. The summed E-state index contributed by atoms with van der Waals surface area (Å²) in [5, 5.41) is 13.7. The molecule has 2 rings (SSSR count). The standard InChI is InChI=1S/C14H18ClNO2/c1-14(18,11-4-2-3-5-12(11)15)9-16-13(17)8-10-6-7-10/h2-5,10,18H,6-9H2,1H3,(H,16,17)/t14-/m0/s1. The molecule has 1 fully saturated rings. The molecule has 0 aromatic heterocycles. The van der Waals surface area contributed by atoms with Crippen LogP contribution in [-0.4, -0.2) is 17.6 Å². The maximum Gasteiger partial charge on any atom is 0.220 e. The van der Waals surface area contributed by atoms with Gasteiger partial charge in [-0.25, -0.2) is 0 Å². The molecular weight excluding hydrogens is 250 g/mol. The molecular formula is C14H18ClNO2. The number of hydrogen-bond donors (Lipinski definition) is 2. The minimum Gasteiger partial charge on any atom is -0.384 e. The van der Waals surface area contributed by atoms with E-state index in [-0.39, 0.29) is 12.5 Å². The second-order valence-corrected chi connectivity index (χ2v) is 5.59. The van der Waals surface area contributed by atoms with Gasteiger partial charge in [0.2, 0.25) is 5.91 Å². The average Bonchev–Trinajstić information content (AvgIpc) is 3.11. The maximum atomic E-state index is 11.6. The lowest BCUT2D eigenvalue weighted by Crippen LogP contribution is -2.38. The van der Waals surface area contributed by atoms with Crippen molar-refractivity contribution in [2.24, 2.45) is 5.92 Å². The second kappa shape index (κ2) is 5.29. The summed E-state index contributed by atoms with van der Waals surface area (Å²) in [5.74, 6) is 0.556. The highest BCUT2D eigenvalue weighted by atomic mass is 35.5. The number of hydrogen-bond acceptors (Lipinski definition) is 2. The molecule has 3 nitrogen and oxygen atoms in total. The Kier molecular flexibility index (Phi) is 3.93. The van der Waals surface area contributed by atoms with Gasteiger partial charge in [0, 0.05) is 17.0 Å². The Labute approximate surface area is 112 Å². The van der Waals surface area contributed by atoms with Gasteiger partial charge in [-0.15, -0.1) is 0 Å². The van der Waals surface area contributed by atoms with Crippen molar-refractivity contribution in [1.29, 1.82) is 0 Å². The molecule has 0 radical (unpaired) electrons. The van der Waals surface area contributed by atoms with Gasteiger partial charge in [0.15, 0.2) is 0 Å². The molecule has 98 valence electrons. The van der Waals surface area contributed by atoms with Crippen molar-refractivity contribution in [3.05, 3.63) is 34.9 Å². The first-order valence-corrected chi connectivity index (χ1v) is 6.61. The Hall–Kier alpha value is -1.06. The fraction of sp³-hybridized carbons (Fsp3) is 0.500. The van der Waals surface area contributed by atoms with E-state index in [1.54, 1.807) is 19.1 Å². The van der Waals surface area contributed by atoms with Gasteiger partial charge < -0.3 is 10.4 Å². The first-order valence-electron chi connectivity index (χ1n) is 6.23. The van der Waals surface area contributed by atoms with Crippen LogP contribution in [0.5, 0.6) is 0 Å². The molecule has 1 saturated carbocycles. The lowest BCUT2D eigenvalue weighted by atomic mass is 9.96. The minimum absolute atomic E-state index is 0.00447. The zero-order chi connectivity index (χ0) is 13.2. The molecule has 1 amide bonds. The van der Waals surface area contributed by atoms with Crippen molar-refractivity contribution in [3.8, 4) is 0 Å². The number of rotatable bonds is 5. The smallest absolute Gasteiger partial charge is 0.220 e. The highest BCUT2D eigenvalue weighted by Crippen LogP contribution is 2.32. The van der Waals surface area contributed by atoms with Gasteiger partial charge in [0.1, 0.15) is 5.60 Å². The lowest BCUT2D eigenvalue weighted by Gasteiger charge is -2.25. The lowest BCUT2D eigenvalue weighted by molar-refractivity contribution is -0.122. The Morgan fingerprint density at radius 3 is 2.78 bits per heavy atom. The number of aliphatic hydroxyl groups is 1. The normalized spacial score (nSPS) is 18.2. The van der Waals surface area contributed by atoms with Crippen LogP contribution in [-0.2, 0) is 10.4 Å². The number of halogens is 1. The van der Waals surface area contributed by atoms with Crippen LogP contribution in [0.1, 0.15) is 31.7 Å². The highest BCUT2D eigenvalue weighted by molar-refractivity contribution is 6.31. The number of carbonyl (C=O) groups is 1. The average molecular weight is 268 g/mol. The second-order valence-electron chi connectivity index (χ2n) is 5.18. The predicted molar refractivity (Wildman–Crippen MR) is 71.4 cm³/mol. The van der Waals surface area contributed by atoms with E-state index >= 15 is 0 Å². The van der Waals surface area contributed by atoms with Gasteiger partial charge >= 0.3 is 0 Å². The van der Waals surface area contributed by atoms with Crippen LogP contribution in [0.3, 0.4) is 0 Å². The van der Waals surface area contributed by atoms with Gasteiger partial charge in [-0.3, -0.25) is 4.79 Å². The Bertz CT molecular complexity index is 441. The molecule has 1 aromatic carbocycles. The van der Waals surface area contributed by atoms with Crippen LogP contribution in [0.25, 0.3) is 0 Å². The maximum absolute atomic E-state index is 11.6. The van der Waals surface area contributed by atoms with Crippen LogP contribution < -0.4 is 5.32 Å². The fourth-order valence-corrected chi connectivity index (χ4v) is 2.26. The third kappa shape index (κ3) is 3.47. The van der Waals surface area contributed by atoms with Crippen LogP contribution in [0.2, 0.25) is 5.02 Å². The van der Waals surface area contributed by atoms with Crippen molar-refractivity contribution in [1.82, 2.24) is 5.32 Å². The van der Waals surface area contributed by atoms with E-state index in [1.165, 1.54) is 0 Å². The largest absolute Gasteiger partial charge is 0.384 e. The molecule has 2 N–H and O–H groups in total. The van der Waals surface area contributed by atoms with E-state index < -0.39 is 5.60 Å². The zero-order valence-corrected chi connectivity index (χ0v) is 11.2. The summed E-state index contributed by atoms with van der Waals surface area (Å²) in [6.45, 7) is 1.84. The van der Waals surface area contributed by atoms with Crippen molar-refractivity contribution in [3.63, 3.8) is 0 Å². The van der Waals surface area contributed by atoms with E-state index in [1.807, 2.05) is 12.1 Å². The van der Waals surface area contributed by atoms with Crippen LogP contribution in [0.15, 0.2) is 24.3 Å². The highest BCUT2D eigenvalue weighted by Gasteiger charge is 2.28. The predicted octanol–water partition coefficient (Wildman–Crippen LogP) is 2.46. The Morgan fingerprint density at radius 2 is 2.17 bits per heavy atom. The zero-order valence-electron chi connectivity index (χ0n) is 10.4. The fourth-order valence-electron chi connectivity index (χ4n) is 1.92. The van der Waals surface area contributed by atoms with Crippen LogP contribution in [0.4, 0.5) is 0 Å². The number of carbonyl (C=O) groups excluding carboxylic acids is 1. The molecule has 0 unspecified atom stereocenters. The van der Waals surface area contributed by atoms with Crippen molar-refractivity contribution >= 4 is 17.5 Å². The molecule has 18 heavy (non-hydrogen) atoms. The Balaban J connectivity index is 1.93. The number of benzene rings is 1. The summed E-state index contributed by atoms with van der Waals surface area (Å²) in [5.41, 5.74) is -0.504. The van der Waals surface area contributed by atoms with Gasteiger partial charge in [-0.1, -0.05) is 29.8 Å². The van der Waals surface area contributed by atoms with Crippen molar-refractivity contribution in [2.45, 2.75) is 31.8 Å². The molecule has 0 spiro atoms. The van der Waals surface area contributed by atoms with Gasteiger partial charge in [-0.05, 0) is 31.7 Å². The summed E-state index contributed by atoms with van der Waals surface area (Å²) >= 11 is 6.05. The number of amides is 1. The Morgan fingerprint density at radius 1 is 1.50 bits per heavy atom. The van der Waals surface area contributed by atoms with Crippen LogP contribution >= 0.6 is 11.6 Å². The topological polar surface area (TPSA) is 49.3 Å². The molecule has 0 saturated heterocycles. The molecule has 1 aromatic rings. The van der Waals surface area contributed by atoms with E-state index in [0.717, 1.165) is 12.8 Å². The molecule has 4 heteroatoms. The van der Waals surface area contributed by atoms with E-state index in [9.17, 15) is 9.90 Å². The first-order chi connectivity index (χ1) is 8.49. The first kappa shape index (κ1) is 13.4. The van der Waals surface area contributed by atoms with E-state index in [0.29, 0.717) is 22.9 Å². The van der Waals surface area contributed by atoms with Crippen molar-refractivity contribution < 1.29 is 9.90 Å². The monoisotopic (exact) mass is 267 g/mol. The summed E-state index contributed by atoms with van der Waals surface area (Å²) in [6, 6.07) is 7.14. The molecule has 0 aliphatic heterocycles. The minimum atomic E-state index is -1.14. The quantitative estimate of drug-likeness (QED) is 0.861. The third-order valence-electron chi connectivity index (χ3n) is 3.25. The van der Waals surface area contributed by atoms with E-state index in [2.05, 4.69) is 5.32 Å².